The maximum Gasteiger partial charge on any atom is 0.306 e. The largest absolute Gasteiger partial charge is 0.507 e. The fraction of sp³-hybridized carbons (Fsp3) is 0.375. The molecule has 1 saturated carbocycles. The van der Waals surface area contributed by atoms with Crippen molar-refractivity contribution >= 4 is 16.9 Å². The summed E-state index contributed by atoms with van der Waals surface area (Å²) in [4.78, 5) is 11.5. The second-order valence-electron chi connectivity index (χ2n) is 9.27. The van der Waals surface area contributed by atoms with Crippen molar-refractivity contribution in [2.24, 2.45) is 5.92 Å². The van der Waals surface area contributed by atoms with Gasteiger partial charge in [-0.05, 0) is 55.7 Å². The van der Waals surface area contributed by atoms with E-state index in [2.05, 4.69) is 18.4 Å². The number of benzene rings is 2. The molecule has 5 nitrogen and oxygen atoms in total. The smallest absolute Gasteiger partial charge is 0.306 e. The molecular weight excluding hydrogens is 385 g/mol. The number of aromatic hydroxyl groups is 1. The molecule has 6 heteroatoms. The van der Waals surface area contributed by atoms with Gasteiger partial charge in [0.25, 0.3) is 0 Å². The summed E-state index contributed by atoms with van der Waals surface area (Å²) in [5.74, 6) is -1.41. The van der Waals surface area contributed by atoms with E-state index in [1.807, 2.05) is 6.07 Å². The number of hydrogen-bond donors (Lipinski definition) is 2. The third-order valence-corrected chi connectivity index (χ3v) is 6.68. The lowest BCUT2D eigenvalue weighted by molar-refractivity contribution is -0.180. The minimum Gasteiger partial charge on any atom is -0.507 e. The Labute approximate surface area is 173 Å². The Morgan fingerprint density at radius 3 is 2.63 bits per heavy atom. The molecule has 1 aromatic heterocycles. The van der Waals surface area contributed by atoms with Crippen LogP contribution in [0.5, 0.6) is 5.75 Å². The van der Waals surface area contributed by atoms with Crippen LogP contribution >= 0.6 is 0 Å². The van der Waals surface area contributed by atoms with Gasteiger partial charge < -0.3 is 19.5 Å². The van der Waals surface area contributed by atoms with E-state index >= 15 is 0 Å². The van der Waals surface area contributed by atoms with Crippen LogP contribution in [-0.2, 0) is 20.5 Å². The average molecular weight is 409 g/mol. The second kappa shape index (κ2) is 6.08. The number of rotatable bonds is 2. The van der Waals surface area contributed by atoms with E-state index in [4.69, 9.17) is 4.74 Å². The van der Waals surface area contributed by atoms with Crippen LogP contribution in [0.1, 0.15) is 43.5 Å². The monoisotopic (exact) mass is 409 g/mol. The van der Waals surface area contributed by atoms with Gasteiger partial charge in [0.05, 0.1) is 23.6 Å². The van der Waals surface area contributed by atoms with Crippen molar-refractivity contribution in [2.75, 3.05) is 6.61 Å². The number of carbonyl (C=O) groups is 1. The van der Waals surface area contributed by atoms with Gasteiger partial charge in [-0.2, -0.15) is 0 Å². The Morgan fingerprint density at radius 1 is 1.23 bits per heavy atom. The lowest BCUT2D eigenvalue weighted by atomic mass is 9.63. The second-order valence-corrected chi connectivity index (χ2v) is 9.27. The van der Waals surface area contributed by atoms with Gasteiger partial charge in [0.2, 0.25) is 0 Å². The molecule has 0 atom stereocenters. The van der Waals surface area contributed by atoms with Gasteiger partial charge in [-0.15, -0.1) is 0 Å². The first-order valence-corrected chi connectivity index (χ1v) is 10.2. The first-order valence-electron chi connectivity index (χ1n) is 10.2. The van der Waals surface area contributed by atoms with Crippen LogP contribution in [0, 0.1) is 18.7 Å². The number of ether oxygens (including phenoxy) is 1. The van der Waals surface area contributed by atoms with E-state index in [0.29, 0.717) is 30.4 Å². The molecular formula is C24H24FNO4. The zero-order valence-electron chi connectivity index (χ0n) is 17.2. The summed E-state index contributed by atoms with van der Waals surface area (Å²) >= 11 is 0. The van der Waals surface area contributed by atoms with E-state index in [1.54, 1.807) is 31.2 Å². The lowest BCUT2D eigenvalue weighted by Gasteiger charge is -2.51. The molecule has 0 saturated heterocycles. The van der Waals surface area contributed by atoms with Gasteiger partial charge in [0, 0.05) is 27.7 Å². The number of carboxylic acid groups (broad SMARTS) is 1. The molecule has 0 amide bonds. The number of halogens is 1. The standard InChI is InChI=1S/C24H24FNO4/c1-13-9-15(7-8-16(13)25)26-17-5-4-6-18(27)19(17)20-21(26)23(2,3)12-30-24(20)10-14(11-24)22(28)29/h4-9,14,27H,10-12H2,1-3H3,(H,28,29). The Balaban J connectivity index is 1.86. The molecule has 1 spiro atoms. The highest BCUT2D eigenvalue weighted by atomic mass is 19.1. The predicted octanol–water partition coefficient (Wildman–Crippen LogP) is 4.78. The summed E-state index contributed by atoms with van der Waals surface area (Å²) in [6.07, 6.45) is 0.753. The summed E-state index contributed by atoms with van der Waals surface area (Å²) in [6.45, 7) is 6.32. The molecule has 1 aliphatic carbocycles. The fourth-order valence-electron chi connectivity index (χ4n) is 5.13. The lowest BCUT2D eigenvalue weighted by Crippen LogP contribution is -2.52. The van der Waals surface area contributed by atoms with Gasteiger partial charge in [0.1, 0.15) is 11.6 Å². The molecule has 2 aromatic carbocycles. The first-order chi connectivity index (χ1) is 14.1. The number of nitrogens with zero attached hydrogens (tertiary/aromatic N) is 1. The predicted molar refractivity (Wildman–Crippen MR) is 111 cm³/mol. The summed E-state index contributed by atoms with van der Waals surface area (Å²) in [5.41, 5.74) is 2.89. The molecule has 156 valence electrons. The highest BCUT2D eigenvalue weighted by molar-refractivity contribution is 5.94. The third-order valence-electron chi connectivity index (χ3n) is 6.68. The Kier molecular flexibility index (Phi) is 3.87. The highest BCUT2D eigenvalue weighted by Crippen LogP contribution is 2.58. The number of fused-ring (bicyclic) bond motifs is 4. The molecule has 0 radical (unpaired) electrons. The molecule has 2 aliphatic rings. The molecule has 3 aromatic rings. The van der Waals surface area contributed by atoms with E-state index in [1.165, 1.54) is 6.07 Å². The number of aromatic nitrogens is 1. The number of phenolic OH excluding ortho intramolecular Hbond substituents is 1. The molecule has 1 aliphatic heterocycles. The van der Waals surface area contributed by atoms with Gasteiger partial charge in [-0.1, -0.05) is 19.9 Å². The van der Waals surface area contributed by atoms with Gasteiger partial charge >= 0.3 is 5.97 Å². The van der Waals surface area contributed by atoms with Crippen molar-refractivity contribution in [3.05, 3.63) is 59.0 Å². The van der Waals surface area contributed by atoms with Gasteiger partial charge in [-0.3, -0.25) is 4.79 Å². The van der Waals surface area contributed by atoms with Crippen LogP contribution in [-0.4, -0.2) is 27.4 Å². The minimum absolute atomic E-state index is 0.140. The minimum atomic E-state index is -0.822. The molecule has 1 fully saturated rings. The van der Waals surface area contributed by atoms with Crippen LogP contribution in [0.25, 0.3) is 16.6 Å². The SMILES string of the molecule is Cc1cc(-n2c3c(c4c(O)cccc42)C2(CC(C(=O)O)C2)OCC3(C)C)ccc1F. The Bertz CT molecular complexity index is 1200. The Morgan fingerprint density at radius 2 is 1.97 bits per heavy atom. The zero-order valence-corrected chi connectivity index (χ0v) is 17.2. The van der Waals surface area contributed by atoms with Crippen molar-refractivity contribution in [2.45, 2.75) is 44.6 Å². The van der Waals surface area contributed by atoms with E-state index in [-0.39, 0.29) is 17.0 Å². The quantitative estimate of drug-likeness (QED) is 0.639. The molecule has 0 bridgehead atoms. The van der Waals surface area contributed by atoms with Crippen LogP contribution in [0.4, 0.5) is 4.39 Å². The van der Waals surface area contributed by atoms with Crippen molar-refractivity contribution in [1.82, 2.24) is 4.57 Å². The summed E-state index contributed by atoms with van der Waals surface area (Å²) in [6, 6.07) is 10.4. The number of phenols is 1. The number of aliphatic carboxylic acids is 1. The first kappa shape index (κ1) is 19.1. The van der Waals surface area contributed by atoms with E-state index in [0.717, 1.165) is 22.5 Å². The van der Waals surface area contributed by atoms with E-state index < -0.39 is 17.5 Å². The topological polar surface area (TPSA) is 71.7 Å². The summed E-state index contributed by atoms with van der Waals surface area (Å²) < 4.78 is 22.4. The molecule has 2 heterocycles. The van der Waals surface area contributed by atoms with Crippen LogP contribution < -0.4 is 0 Å². The third kappa shape index (κ3) is 2.46. The molecule has 2 N–H and O–H groups in total. The maximum atomic E-state index is 14.0. The van der Waals surface area contributed by atoms with Gasteiger partial charge in [-0.25, -0.2) is 4.39 Å². The van der Waals surface area contributed by atoms with Crippen LogP contribution in [0.3, 0.4) is 0 Å². The van der Waals surface area contributed by atoms with E-state index in [9.17, 15) is 19.4 Å². The van der Waals surface area contributed by atoms with Crippen molar-refractivity contribution < 1.29 is 24.1 Å². The summed E-state index contributed by atoms with van der Waals surface area (Å²) in [7, 11) is 0. The highest BCUT2D eigenvalue weighted by Gasteiger charge is 2.57. The van der Waals surface area contributed by atoms with Crippen molar-refractivity contribution in [1.29, 1.82) is 0 Å². The van der Waals surface area contributed by atoms with Crippen molar-refractivity contribution in [3.63, 3.8) is 0 Å². The normalized spacial score (nSPS) is 24.6. The van der Waals surface area contributed by atoms with Crippen LogP contribution in [0.2, 0.25) is 0 Å². The zero-order chi connectivity index (χ0) is 21.4. The number of hydrogen-bond acceptors (Lipinski definition) is 3. The molecule has 5 rings (SSSR count). The summed E-state index contributed by atoms with van der Waals surface area (Å²) in [5, 5.41) is 21.0. The number of carboxylic acids is 1. The molecule has 0 unspecified atom stereocenters. The Hall–Kier alpha value is -2.86. The fourth-order valence-corrected chi connectivity index (χ4v) is 5.13. The maximum absolute atomic E-state index is 14.0. The number of aryl methyl sites for hydroxylation is 1. The van der Waals surface area contributed by atoms with Gasteiger partial charge in [0.15, 0.2) is 0 Å². The van der Waals surface area contributed by atoms with Crippen molar-refractivity contribution in [3.8, 4) is 11.4 Å². The molecule has 30 heavy (non-hydrogen) atoms. The van der Waals surface area contributed by atoms with Crippen LogP contribution in [0.15, 0.2) is 36.4 Å². The average Bonchev–Trinajstić information content (AvgIpc) is 3.01.